The molecule has 0 spiro atoms. The largest absolute Gasteiger partial charge is 0.381 e. The SMILES string of the molecule is CCOCC1C(C)[C@@H](CC)O[C@H]1C. The van der Waals surface area contributed by atoms with Crippen molar-refractivity contribution in [1.29, 1.82) is 0 Å². The number of hydrogen-bond acceptors (Lipinski definition) is 2. The lowest BCUT2D eigenvalue weighted by atomic mass is 9.89. The molecule has 1 heterocycles. The van der Waals surface area contributed by atoms with Gasteiger partial charge in [0.1, 0.15) is 0 Å². The lowest BCUT2D eigenvalue weighted by Gasteiger charge is -2.18. The first kappa shape index (κ1) is 11.0. The maximum atomic E-state index is 5.85. The molecule has 0 aliphatic carbocycles. The Morgan fingerprint density at radius 1 is 1.23 bits per heavy atom. The lowest BCUT2D eigenvalue weighted by molar-refractivity contribution is 0.0258. The van der Waals surface area contributed by atoms with E-state index >= 15 is 0 Å². The minimum atomic E-state index is 0.367. The van der Waals surface area contributed by atoms with Crippen LogP contribution in [0.25, 0.3) is 0 Å². The molecule has 0 bridgehead atoms. The Morgan fingerprint density at radius 2 is 1.92 bits per heavy atom. The van der Waals surface area contributed by atoms with Gasteiger partial charge in [0.15, 0.2) is 0 Å². The van der Waals surface area contributed by atoms with E-state index in [1.54, 1.807) is 0 Å². The Morgan fingerprint density at radius 3 is 2.38 bits per heavy atom. The maximum Gasteiger partial charge on any atom is 0.0606 e. The molecule has 1 rings (SSSR count). The van der Waals surface area contributed by atoms with Crippen molar-refractivity contribution in [2.45, 2.75) is 46.3 Å². The molecule has 13 heavy (non-hydrogen) atoms. The monoisotopic (exact) mass is 186 g/mol. The topological polar surface area (TPSA) is 18.5 Å². The Hall–Kier alpha value is -0.0800. The average Bonchev–Trinajstić information content (AvgIpc) is 2.39. The van der Waals surface area contributed by atoms with Crippen LogP contribution >= 0.6 is 0 Å². The summed E-state index contributed by atoms with van der Waals surface area (Å²) >= 11 is 0. The van der Waals surface area contributed by atoms with Crippen molar-refractivity contribution in [3.8, 4) is 0 Å². The molecular formula is C11H22O2. The van der Waals surface area contributed by atoms with E-state index in [9.17, 15) is 0 Å². The number of ether oxygens (including phenoxy) is 2. The summed E-state index contributed by atoms with van der Waals surface area (Å²) in [5.74, 6) is 1.23. The van der Waals surface area contributed by atoms with Crippen LogP contribution in [0.1, 0.15) is 34.1 Å². The van der Waals surface area contributed by atoms with Gasteiger partial charge in [0, 0.05) is 12.5 Å². The molecule has 1 aliphatic rings. The van der Waals surface area contributed by atoms with Crippen LogP contribution in [-0.4, -0.2) is 25.4 Å². The molecule has 0 radical (unpaired) electrons. The first-order valence-electron chi connectivity index (χ1n) is 5.43. The van der Waals surface area contributed by atoms with Crippen molar-refractivity contribution >= 4 is 0 Å². The van der Waals surface area contributed by atoms with Crippen molar-refractivity contribution < 1.29 is 9.47 Å². The van der Waals surface area contributed by atoms with Gasteiger partial charge in [-0.05, 0) is 26.2 Å². The van der Waals surface area contributed by atoms with Gasteiger partial charge in [-0.25, -0.2) is 0 Å². The van der Waals surface area contributed by atoms with Gasteiger partial charge in [0.2, 0.25) is 0 Å². The van der Waals surface area contributed by atoms with Crippen molar-refractivity contribution in [3.63, 3.8) is 0 Å². The van der Waals surface area contributed by atoms with Gasteiger partial charge < -0.3 is 9.47 Å². The van der Waals surface area contributed by atoms with Gasteiger partial charge in [-0.15, -0.1) is 0 Å². The van der Waals surface area contributed by atoms with E-state index in [1.165, 1.54) is 0 Å². The molecule has 1 saturated heterocycles. The second-order valence-corrected chi connectivity index (χ2v) is 3.97. The molecule has 2 nitrogen and oxygen atoms in total. The highest BCUT2D eigenvalue weighted by atomic mass is 16.5. The van der Waals surface area contributed by atoms with E-state index in [0.717, 1.165) is 19.6 Å². The van der Waals surface area contributed by atoms with Gasteiger partial charge in [-0.3, -0.25) is 0 Å². The fourth-order valence-corrected chi connectivity index (χ4v) is 2.21. The van der Waals surface area contributed by atoms with Gasteiger partial charge in [-0.1, -0.05) is 13.8 Å². The van der Waals surface area contributed by atoms with Crippen molar-refractivity contribution in [2.75, 3.05) is 13.2 Å². The normalized spacial score (nSPS) is 39.7. The highest BCUT2D eigenvalue weighted by molar-refractivity contribution is 4.85. The van der Waals surface area contributed by atoms with Crippen molar-refractivity contribution in [1.82, 2.24) is 0 Å². The molecule has 2 unspecified atom stereocenters. The zero-order valence-corrected chi connectivity index (χ0v) is 9.25. The third-order valence-electron chi connectivity index (χ3n) is 3.17. The Kier molecular flexibility index (Phi) is 4.20. The second-order valence-electron chi connectivity index (χ2n) is 3.97. The molecule has 78 valence electrons. The van der Waals surface area contributed by atoms with Crippen LogP contribution < -0.4 is 0 Å². The van der Waals surface area contributed by atoms with Gasteiger partial charge in [0.05, 0.1) is 18.8 Å². The molecule has 0 saturated carbocycles. The molecule has 0 aromatic rings. The summed E-state index contributed by atoms with van der Waals surface area (Å²) in [7, 11) is 0. The second kappa shape index (κ2) is 4.97. The fraction of sp³-hybridized carbons (Fsp3) is 1.00. The van der Waals surface area contributed by atoms with Crippen LogP contribution in [0, 0.1) is 11.8 Å². The minimum absolute atomic E-state index is 0.367. The quantitative estimate of drug-likeness (QED) is 0.671. The summed E-state index contributed by atoms with van der Waals surface area (Å²) in [4.78, 5) is 0. The summed E-state index contributed by atoms with van der Waals surface area (Å²) in [6, 6.07) is 0. The lowest BCUT2D eigenvalue weighted by Crippen LogP contribution is -2.23. The molecule has 0 aromatic heterocycles. The third-order valence-corrected chi connectivity index (χ3v) is 3.17. The van der Waals surface area contributed by atoms with E-state index in [0.29, 0.717) is 24.0 Å². The van der Waals surface area contributed by atoms with Crippen molar-refractivity contribution in [3.05, 3.63) is 0 Å². The highest BCUT2D eigenvalue weighted by Gasteiger charge is 2.38. The summed E-state index contributed by atoms with van der Waals surface area (Å²) < 4.78 is 11.3. The van der Waals surface area contributed by atoms with E-state index < -0.39 is 0 Å². The molecule has 0 aromatic carbocycles. The summed E-state index contributed by atoms with van der Waals surface area (Å²) in [5.41, 5.74) is 0. The first-order valence-corrected chi connectivity index (χ1v) is 5.43. The van der Waals surface area contributed by atoms with Gasteiger partial charge in [0.25, 0.3) is 0 Å². The van der Waals surface area contributed by atoms with E-state index in [1.807, 2.05) is 6.92 Å². The fourth-order valence-electron chi connectivity index (χ4n) is 2.21. The van der Waals surface area contributed by atoms with Crippen LogP contribution in [0.4, 0.5) is 0 Å². The molecule has 2 heteroatoms. The van der Waals surface area contributed by atoms with E-state index in [-0.39, 0.29) is 0 Å². The summed E-state index contributed by atoms with van der Waals surface area (Å²) in [6.45, 7) is 10.3. The molecule has 1 fully saturated rings. The number of hydrogen-bond donors (Lipinski definition) is 0. The zero-order chi connectivity index (χ0) is 9.84. The smallest absolute Gasteiger partial charge is 0.0606 e. The van der Waals surface area contributed by atoms with Crippen LogP contribution in [0.15, 0.2) is 0 Å². The van der Waals surface area contributed by atoms with Gasteiger partial charge in [-0.2, -0.15) is 0 Å². The maximum absolute atomic E-state index is 5.85. The van der Waals surface area contributed by atoms with Crippen LogP contribution in [0.3, 0.4) is 0 Å². The Balaban J connectivity index is 2.44. The third kappa shape index (κ3) is 2.44. The van der Waals surface area contributed by atoms with Crippen molar-refractivity contribution in [2.24, 2.45) is 11.8 Å². The standard InChI is InChI=1S/C11H22O2/c1-5-11-8(3)10(7-12-6-2)9(4)13-11/h8-11H,5-7H2,1-4H3/t8?,9-,10?,11+/m0/s1. The van der Waals surface area contributed by atoms with E-state index in [2.05, 4.69) is 20.8 Å². The molecule has 0 N–H and O–H groups in total. The molecule has 0 amide bonds. The van der Waals surface area contributed by atoms with Crippen LogP contribution in [0.2, 0.25) is 0 Å². The minimum Gasteiger partial charge on any atom is -0.381 e. The molecular weight excluding hydrogens is 164 g/mol. The summed E-state index contributed by atoms with van der Waals surface area (Å²) in [6.07, 6.45) is 1.93. The predicted molar refractivity (Wildman–Crippen MR) is 53.8 cm³/mol. The molecule has 1 aliphatic heterocycles. The average molecular weight is 186 g/mol. The zero-order valence-electron chi connectivity index (χ0n) is 9.25. The summed E-state index contributed by atoms with van der Waals surface area (Å²) in [5, 5.41) is 0. The van der Waals surface area contributed by atoms with Crippen LogP contribution in [-0.2, 0) is 9.47 Å². The Labute approximate surface area is 81.6 Å². The van der Waals surface area contributed by atoms with E-state index in [4.69, 9.17) is 9.47 Å². The Bertz CT molecular complexity index is 147. The van der Waals surface area contributed by atoms with Crippen LogP contribution in [0.5, 0.6) is 0 Å². The number of rotatable bonds is 4. The predicted octanol–water partition coefficient (Wildman–Crippen LogP) is 2.47. The highest BCUT2D eigenvalue weighted by Crippen LogP contribution is 2.33. The van der Waals surface area contributed by atoms with Gasteiger partial charge >= 0.3 is 0 Å². The first-order chi connectivity index (χ1) is 6.20. The molecule has 4 atom stereocenters.